The van der Waals surface area contributed by atoms with Crippen molar-refractivity contribution in [2.24, 2.45) is 0 Å². The minimum absolute atomic E-state index is 0.669. The monoisotopic (exact) mass is 372 g/mol. The van der Waals surface area contributed by atoms with E-state index in [1.807, 2.05) is 42.5 Å². The summed E-state index contributed by atoms with van der Waals surface area (Å²) in [5.74, 6) is 1.41. The van der Waals surface area contributed by atoms with Crippen molar-refractivity contribution < 1.29 is 13.8 Å². The number of unbranched alkanes of at least 4 members (excludes halogenated alkanes) is 7. The van der Waals surface area contributed by atoms with E-state index in [1.54, 1.807) is 0 Å². The summed E-state index contributed by atoms with van der Waals surface area (Å²) < 4.78 is 24.2. The Morgan fingerprint density at radius 3 is 2.35 bits per heavy atom. The quantitative estimate of drug-likeness (QED) is 0.359. The Kier molecular flexibility index (Phi) is 7.20. The standard InChI is InChI=1S/C22H29O3P/c1-2-3-4-5-6-7-8-11-17-24-21-16-12-14-19-18-13-9-10-15-20(18)25-26(23)22(19)21/h9-10,12-16,26H,2-8,11,17H2,1H3. The summed E-state index contributed by atoms with van der Waals surface area (Å²) in [6.07, 6.45) is 10.2. The zero-order valence-electron chi connectivity index (χ0n) is 15.6. The van der Waals surface area contributed by atoms with Crippen LogP contribution in [0.5, 0.6) is 11.5 Å². The normalized spacial score (nSPS) is 15.0. The highest BCUT2D eigenvalue weighted by Crippen LogP contribution is 2.44. The van der Waals surface area contributed by atoms with Crippen molar-refractivity contribution in [1.29, 1.82) is 0 Å². The minimum atomic E-state index is -2.33. The molecule has 3 nitrogen and oxygen atoms in total. The molecule has 0 saturated heterocycles. The Balaban J connectivity index is 1.54. The van der Waals surface area contributed by atoms with Gasteiger partial charge in [0.15, 0.2) is 0 Å². The number of hydrogen-bond acceptors (Lipinski definition) is 3. The van der Waals surface area contributed by atoms with Gasteiger partial charge < -0.3 is 9.26 Å². The predicted octanol–water partition coefficient (Wildman–Crippen LogP) is 6.37. The summed E-state index contributed by atoms with van der Waals surface area (Å²) >= 11 is 0. The lowest BCUT2D eigenvalue weighted by Gasteiger charge is -2.22. The van der Waals surface area contributed by atoms with Crippen LogP contribution in [0, 0.1) is 0 Å². The summed E-state index contributed by atoms with van der Waals surface area (Å²) in [4.78, 5) is 0. The fraction of sp³-hybridized carbons (Fsp3) is 0.455. The van der Waals surface area contributed by atoms with Crippen molar-refractivity contribution in [1.82, 2.24) is 0 Å². The topological polar surface area (TPSA) is 35.5 Å². The van der Waals surface area contributed by atoms with Crippen LogP contribution >= 0.6 is 8.03 Å². The molecule has 0 amide bonds. The van der Waals surface area contributed by atoms with E-state index in [9.17, 15) is 4.57 Å². The van der Waals surface area contributed by atoms with Gasteiger partial charge in [0.25, 0.3) is 8.03 Å². The van der Waals surface area contributed by atoms with E-state index >= 15 is 0 Å². The first-order valence-corrected chi connectivity index (χ1v) is 11.2. The van der Waals surface area contributed by atoms with Gasteiger partial charge in [-0.05, 0) is 18.6 Å². The molecule has 1 aliphatic heterocycles. The maximum atomic E-state index is 12.6. The molecule has 0 aliphatic carbocycles. The molecule has 0 spiro atoms. The molecule has 4 heteroatoms. The van der Waals surface area contributed by atoms with Gasteiger partial charge in [0, 0.05) is 11.1 Å². The lowest BCUT2D eigenvalue weighted by molar-refractivity contribution is 0.306. The molecule has 0 fully saturated rings. The Morgan fingerprint density at radius 2 is 1.54 bits per heavy atom. The van der Waals surface area contributed by atoms with Crippen LogP contribution < -0.4 is 14.6 Å². The highest BCUT2D eigenvalue weighted by molar-refractivity contribution is 7.49. The average molecular weight is 372 g/mol. The zero-order chi connectivity index (χ0) is 18.2. The van der Waals surface area contributed by atoms with E-state index in [-0.39, 0.29) is 0 Å². The van der Waals surface area contributed by atoms with Gasteiger partial charge >= 0.3 is 0 Å². The smallest absolute Gasteiger partial charge is 0.270 e. The number of ether oxygens (including phenoxy) is 1. The lowest BCUT2D eigenvalue weighted by Crippen LogP contribution is -2.14. The van der Waals surface area contributed by atoms with Gasteiger partial charge in [-0.25, -0.2) is 0 Å². The Morgan fingerprint density at radius 1 is 0.846 bits per heavy atom. The molecule has 1 unspecified atom stereocenters. The molecule has 0 radical (unpaired) electrons. The number of fused-ring (bicyclic) bond motifs is 3. The van der Waals surface area contributed by atoms with Gasteiger partial charge in [-0.2, -0.15) is 0 Å². The second kappa shape index (κ2) is 9.83. The van der Waals surface area contributed by atoms with Crippen LogP contribution in [0.3, 0.4) is 0 Å². The molecule has 1 aliphatic rings. The summed E-state index contributed by atoms with van der Waals surface area (Å²) in [6.45, 7) is 2.92. The molecule has 1 atom stereocenters. The largest absolute Gasteiger partial charge is 0.493 e. The molecule has 2 aromatic rings. The van der Waals surface area contributed by atoms with Gasteiger partial charge in [0.2, 0.25) is 0 Å². The van der Waals surface area contributed by atoms with Crippen LogP contribution in [0.4, 0.5) is 0 Å². The molecule has 0 N–H and O–H groups in total. The van der Waals surface area contributed by atoms with E-state index in [1.165, 1.54) is 44.9 Å². The van der Waals surface area contributed by atoms with E-state index in [2.05, 4.69) is 6.92 Å². The molecular weight excluding hydrogens is 343 g/mol. The lowest BCUT2D eigenvalue weighted by atomic mass is 10.0. The van der Waals surface area contributed by atoms with E-state index < -0.39 is 8.03 Å². The second-order valence-electron chi connectivity index (χ2n) is 6.89. The summed E-state index contributed by atoms with van der Waals surface area (Å²) in [7, 11) is -2.33. The highest BCUT2D eigenvalue weighted by atomic mass is 31.1. The Bertz CT molecular complexity index is 742. The third kappa shape index (κ3) is 4.71. The van der Waals surface area contributed by atoms with Crippen LogP contribution in [0.15, 0.2) is 42.5 Å². The highest BCUT2D eigenvalue weighted by Gasteiger charge is 2.25. The van der Waals surface area contributed by atoms with E-state index in [0.29, 0.717) is 18.1 Å². The van der Waals surface area contributed by atoms with Gasteiger partial charge in [0.05, 0.1) is 11.9 Å². The number of rotatable bonds is 10. The first-order valence-electron chi connectivity index (χ1n) is 9.88. The Hall–Kier alpha value is -1.73. The van der Waals surface area contributed by atoms with Crippen molar-refractivity contribution in [3.63, 3.8) is 0 Å². The third-order valence-corrected chi connectivity index (χ3v) is 6.19. The van der Waals surface area contributed by atoms with E-state index in [4.69, 9.17) is 9.26 Å². The van der Waals surface area contributed by atoms with Crippen molar-refractivity contribution in [2.45, 2.75) is 58.3 Å². The fourth-order valence-corrected chi connectivity index (χ4v) is 4.71. The average Bonchev–Trinajstić information content (AvgIpc) is 2.67. The Labute approximate surface area is 157 Å². The van der Waals surface area contributed by atoms with Crippen LogP contribution in [-0.2, 0) is 4.57 Å². The molecule has 0 saturated carbocycles. The van der Waals surface area contributed by atoms with Gasteiger partial charge in [-0.15, -0.1) is 0 Å². The van der Waals surface area contributed by atoms with Crippen molar-refractivity contribution in [2.75, 3.05) is 6.61 Å². The SMILES string of the molecule is CCCCCCCCCCOc1cccc2c1[PH](=O)Oc1ccccc1-2. The molecule has 3 rings (SSSR count). The van der Waals surface area contributed by atoms with Crippen LogP contribution in [0.1, 0.15) is 58.3 Å². The van der Waals surface area contributed by atoms with Gasteiger partial charge in [-0.3, -0.25) is 4.57 Å². The van der Waals surface area contributed by atoms with E-state index in [0.717, 1.165) is 22.9 Å². The van der Waals surface area contributed by atoms with Crippen molar-refractivity contribution in [3.8, 4) is 22.6 Å². The molecule has 0 bridgehead atoms. The summed E-state index contributed by atoms with van der Waals surface area (Å²) in [5, 5.41) is 0.732. The van der Waals surface area contributed by atoms with Crippen LogP contribution in [0.2, 0.25) is 0 Å². The predicted molar refractivity (Wildman–Crippen MR) is 109 cm³/mol. The zero-order valence-corrected chi connectivity index (χ0v) is 16.6. The molecule has 0 aromatic heterocycles. The summed E-state index contributed by atoms with van der Waals surface area (Å²) in [6, 6.07) is 13.6. The number of hydrogen-bond donors (Lipinski definition) is 0. The summed E-state index contributed by atoms with van der Waals surface area (Å²) in [5.41, 5.74) is 1.97. The van der Waals surface area contributed by atoms with Crippen molar-refractivity contribution in [3.05, 3.63) is 42.5 Å². The van der Waals surface area contributed by atoms with Gasteiger partial charge in [-0.1, -0.05) is 82.2 Å². The molecule has 140 valence electrons. The molecular formula is C22H29O3P. The minimum Gasteiger partial charge on any atom is -0.493 e. The number of benzene rings is 2. The number of para-hydroxylation sites is 1. The third-order valence-electron chi connectivity index (χ3n) is 4.87. The first kappa shape index (κ1) is 19.0. The van der Waals surface area contributed by atoms with Gasteiger partial charge in [0.1, 0.15) is 11.5 Å². The van der Waals surface area contributed by atoms with Crippen LogP contribution in [0.25, 0.3) is 11.1 Å². The molecule has 26 heavy (non-hydrogen) atoms. The first-order chi connectivity index (χ1) is 12.8. The van der Waals surface area contributed by atoms with Crippen LogP contribution in [-0.4, -0.2) is 6.61 Å². The fourth-order valence-electron chi connectivity index (χ4n) is 3.43. The maximum absolute atomic E-state index is 12.6. The van der Waals surface area contributed by atoms with Crippen molar-refractivity contribution >= 4 is 13.3 Å². The molecule has 2 aromatic carbocycles. The molecule has 1 heterocycles. The maximum Gasteiger partial charge on any atom is 0.270 e. The second-order valence-corrected chi connectivity index (χ2v) is 8.17.